The summed E-state index contributed by atoms with van der Waals surface area (Å²) in [5.41, 5.74) is 8.08. The topological polar surface area (TPSA) is 26.5 Å². The van der Waals surface area contributed by atoms with E-state index in [-0.39, 0.29) is 5.82 Å². The first-order chi connectivity index (χ1) is 15.0. The average molecular weight is 413 g/mol. The largest absolute Gasteiger partial charge is 0.391 e. The fourth-order valence-corrected chi connectivity index (χ4v) is 3.65. The summed E-state index contributed by atoms with van der Waals surface area (Å²) in [6.07, 6.45) is 0. The van der Waals surface area contributed by atoms with Crippen molar-refractivity contribution in [3.8, 4) is 16.9 Å². The van der Waals surface area contributed by atoms with Gasteiger partial charge in [-0.1, -0.05) is 53.2 Å². The highest BCUT2D eigenvalue weighted by Crippen LogP contribution is 2.30. The normalized spacial score (nSPS) is 11.5. The second-order valence-corrected chi connectivity index (χ2v) is 7.64. The van der Waals surface area contributed by atoms with Crippen LogP contribution in [-0.4, -0.2) is 10.3 Å². The number of rotatable bonds is 6. The van der Waals surface area contributed by atoms with Gasteiger partial charge in [0.15, 0.2) is 0 Å². The predicted octanol–water partition coefficient (Wildman–Crippen LogP) is 6.84. The molecule has 4 heteroatoms. The summed E-state index contributed by atoms with van der Waals surface area (Å²) in [5.74, 6) is -0.249. The molecule has 0 radical (unpaired) electrons. The number of hydrogen-bond donors (Lipinski definition) is 0. The maximum Gasteiger partial charge on any atom is 0.142 e. The fourth-order valence-electron chi connectivity index (χ4n) is 3.65. The van der Waals surface area contributed by atoms with Gasteiger partial charge in [-0.2, -0.15) is 0 Å². The standard InChI is InChI=1S/C27H25FN2O/c1-19-9-11-22(12-10-19)18-31-29-20(2)26-17-27(23-13-15-24(28)16-14-23)30(21(26)3)25-7-5-4-6-8-25/h4-17H,18H2,1-3H3/b29-20+. The summed E-state index contributed by atoms with van der Waals surface area (Å²) in [6, 6.07) is 27.0. The molecule has 0 bridgehead atoms. The van der Waals surface area contributed by atoms with E-state index in [0.29, 0.717) is 6.61 Å². The lowest BCUT2D eigenvalue weighted by atomic mass is 10.1. The van der Waals surface area contributed by atoms with Gasteiger partial charge in [0.1, 0.15) is 12.4 Å². The van der Waals surface area contributed by atoms with Crippen molar-refractivity contribution in [2.75, 3.05) is 0 Å². The zero-order valence-corrected chi connectivity index (χ0v) is 18.0. The molecule has 3 nitrogen and oxygen atoms in total. The first-order valence-corrected chi connectivity index (χ1v) is 10.3. The summed E-state index contributed by atoms with van der Waals surface area (Å²) < 4.78 is 15.7. The number of aryl methyl sites for hydroxylation is 1. The van der Waals surface area contributed by atoms with Crippen molar-refractivity contribution in [2.24, 2.45) is 5.16 Å². The minimum absolute atomic E-state index is 0.249. The number of halogens is 1. The van der Waals surface area contributed by atoms with Crippen LogP contribution in [-0.2, 0) is 11.4 Å². The van der Waals surface area contributed by atoms with Crippen molar-refractivity contribution in [1.29, 1.82) is 0 Å². The highest BCUT2D eigenvalue weighted by molar-refractivity contribution is 6.01. The van der Waals surface area contributed by atoms with Gasteiger partial charge in [-0.05, 0) is 74.4 Å². The molecule has 3 aromatic carbocycles. The van der Waals surface area contributed by atoms with Crippen LogP contribution in [0.25, 0.3) is 16.9 Å². The molecule has 0 aliphatic heterocycles. The van der Waals surface area contributed by atoms with Crippen molar-refractivity contribution in [3.63, 3.8) is 0 Å². The smallest absolute Gasteiger partial charge is 0.142 e. The van der Waals surface area contributed by atoms with Crippen LogP contribution in [0.1, 0.15) is 29.3 Å². The third-order valence-corrected chi connectivity index (χ3v) is 5.34. The van der Waals surface area contributed by atoms with E-state index in [0.717, 1.165) is 39.5 Å². The molecule has 0 fully saturated rings. The maximum absolute atomic E-state index is 13.5. The van der Waals surface area contributed by atoms with E-state index >= 15 is 0 Å². The second-order valence-electron chi connectivity index (χ2n) is 7.64. The Labute approximate surface area is 182 Å². The molecule has 0 spiro atoms. The van der Waals surface area contributed by atoms with Gasteiger partial charge in [0, 0.05) is 16.9 Å². The van der Waals surface area contributed by atoms with Crippen molar-refractivity contribution in [2.45, 2.75) is 27.4 Å². The Hall–Kier alpha value is -3.66. The van der Waals surface area contributed by atoms with Crippen molar-refractivity contribution in [1.82, 2.24) is 4.57 Å². The molecule has 31 heavy (non-hydrogen) atoms. The minimum Gasteiger partial charge on any atom is -0.391 e. The van der Waals surface area contributed by atoms with E-state index in [4.69, 9.17) is 4.84 Å². The molecule has 0 saturated carbocycles. The SMILES string of the molecule is C/C(=N\OCc1ccc(C)cc1)c1cc(-c2ccc(F)cc2)n(-c2ccccc2)c1C. The number of aromatic nitrogens is 1. The zero-order valence-electron chi connectivity index (χ0n) is 18.0. The second kappa shape index (κ2) is 9.00. The quantitative estimate of drug-likeness (QED) is 0.251. The van der Waals surface area contributed by atoms with Crippen molar-refractivity contribution in [3.05, 3.63) is 113 Å². The molecular weight excluding hydrogens is 387 g/mol. The first-order valence-electron chi connectivity index (χ1n) is 10.3. The van der Waals surface area contributed by atoms with Crippen molar-refractivity contribution < 1.29 is 9.23 Å². The Morgan fingerprint density at radius 1 is 0.903 bits per heavy atom. The van der Waals surface area contributed by atoms with Gasteiger partial charge in [0.2, 0.25) is 0 Å². The Balaban J connectivity index is 1.69. The van der Waals surface area contributed by atoms with Crippen LogP contribution in [0.3, 0.4) is 0 Å². The molecule has 0 aliphatic rings. The Kier molecular flexibility index (Phi) is 5.99. The van der Waals surface area contributed by atoms with E-state index < -0.39 is 0 Å². The molecule has 4 rings (SSSR count). The summed E-state index contributed by atoms with van der Waals surface area (Å²) in [5, 5.41) is 4.37. The molecule has 156 valence electrons. The third-order valence-electron chi connectivity index (χ3n) is 5.34. The van der Waals surface area contributed by atoms with Crippen LogP contribution in [0.2, 0.25) is 0 Å². The Morgan fingerprint density at radius 2 is 1.58 bits per heavy atom. The molecule has 0 aliphatic carbocycles. The van der Waals surface area contributed by atoms with E-state index in [1.807, 2.05) is 37.3 Å². The summed E-state index contributed by atoms with van der Waals surface area (Å²) in [7, 11) is 0. The number of hydrogen-bond acceptors (Lipinski definition) is 2. The molecule has 1 heterocycles. The maximum atomic E-state index is 13.5. The zero-order chi connectivity index (χ0) is 21.8. The van der Waals surface area contributed by atoms with Crippen LogP contribution in [0.4, 0.5) is 4.39 Å². The fraction of sp³-hybridized carbons (Fsp3) is 0.148. The van der Waals surface area contributed by atoms with Gasteiger partial charge >= 0.3 is 0 Å². The molecule has 0 atom stereocenters. The number of nitrogens with zero attached hydrogens (tertiary/aromatic N) is 2. The van der Waals surface area contributed by atoms with Crippen LogP contribution in [0.15, 0.2) is 90.1 Å². The predicted molar refractivity (Wildman–Crippen MR) is 124 cm³/mol. The first kappa shape index (κ1) is 20.6. The van der Waals surface area contributed by atoms with E-state index in [1.54, 1.807) is 12.1 Å². The van der Waals surface area contributed by atoms with Gasteiger partial charge in [0.05, 0.1) is 11.4 Å². The summed E-state index contributed by atoms with van der Waals surface area (Å²) in [6.45, 7) is 6.49. The van der Waals surface area contributed by atoms with Crippen LogP contribution in [0, 0.1) is 19.7 Å². The van der Waals surface area contributed by atoms with Crippen LogP contribution >= 0.6 is 0 Å². The lowest BCUT2D eigenvalue weighted by Crippen LogP contribution is -2.02. The summed E-state index contributed by atoms with van der Waals surface area (Å²) >= 11 is 0. The molecule has 0 saturated heterocycles. The Morgan fingerprint density at radius 3 is 2.26 bits per heavy atom. The van der Waals surface area contributed by atoms with E-state index in [2.05, 4.69) is 53.9 Å². The third kappa shape index (κ3) is 4.58. The molecule has 0 amide bonds. The molecule has 1 aromatic heterocycles. The van der Waals surface area contributed by atoms with Crippen LogP contribution < -0.4 is 0 Å². The van der Waals surface area contributed by atoms with Gasteiger partial charge < -0.3 is 9.40 Å². The average Bonchev–Trinajstić information content (AvgIpc) is 3.13. The minimum atomic E-state index is -0.249. The molecule has 4 aromatic rings. The van der Waals surface area contributed by atoms with Crippen LogP contribution in [0.5, 0.6) is 0 Å². The lowest BCUT2D eigenvalue weighted by molar-refractivity contribution is 0.130. The number of oxime groups is 1. The van der Waals surface area contributed by atoms with E-state index in [1.165, 1.54) is 17.7 Å². The summed E-state index contributed by atoms with van der Waals surface area (Å²) in [4.78, 5) is 5.64. The monoisotopic (exact) mass is 412 g/mol. The van der Waals surface area contributed by atoms with Gasteiger partial charge in [-0.3, -0.25) is 0 Å². The molecule has 0 unspecified atom stereocenters. The van der Waals surface area contributed by atoms with Gasteiger partial charge in [0.25, 0.3) is 0 Å². The lowest BCUT2D eigenvalue weighted by Gasteiger charge is -2.12. The number of para-hydroxylation sites is 1. The highest BCUT2D eigenvalue weighted by Gasteiger charge is 2.17. The highest BCUT2D eigenvalue weighted by atomic mass is 19.1. The van der Waals surface area contributed by atoms with Gasteiger partial charge in [-0.25, -0.2) is 4.39 Å². The molecular formula is C27H25FN2O. The number of benzene rings is 3. The van der Waals surface area contributed by atoms with Gasteiger partial charge in [-0.15, -0.1) is 0 Å². The Bertz CT molecular complexity index is 1190. The van der Waals surface area contributed by atoms with Crippen molar-refractivity contribution >= 4 is 5.71 Å². The molecule has 0 N–H and O–H groups in total. The van der Waals surface area contributed by atoms with E-state index in [9.17, 15) is 4.39 Å².